The Morgan fingerprint density at radius 3 is 2.23 bits per heavy atom. The molecular formula is C20H16INO3S. The third-order valence-corrected chi connectivity index (χ3v) is 6.13. The number of benzene rings is 3. The molecule has 0 saturated heterocycles. The van der Waals surface area contributed by atoms with Crippen molar-refractivity contribution in [2.75, 3.05) is 5.32 Å². The van der Waals surface area contributed by atoms with Crippen molar-refractivity contribution >= 4 is 44.0 Å². The molecule has 0 spiro atoms. The molecule has 0 aliphatic carbocycles. The summed E-state index contributed by atoms with van der Waals surface area (Å²) in [6.07, 6.45) is 0. The molecule has 4 nitrogen and oxygen atoms in total. The summed E-state index contributed by atoms with van der Waals surface area (Å²) in [5, 5.41) is 2.83. The molecular weight excluding hydrogens is 461 g/mol. The molecule has 0 bridgehead atoms. The van der Waals surface area contributed by atoms with Gasteiger partial charge in [0, 0.05) is 14.8 Å². The van der Waals surface area contributed by atoms with Gasteiger partial charge in [-0.25, -0.2) is 8.42 Å². The molecule has 26 heavy (non-hydrogen) atoms. The number of carbonyl (C=O) groups excluding carboxylic acids is 1. The fraction of sp³-hybridized carbons (Fsp3) is 0.0500. The van der Waals surface area contributed by atoms with Gasteiger partial charge in [-0.05, 0) is 70.6 Å². The van der Waals surface area contributed by atoms with E-state index in [0.717, 1.165) is 9.26 Å². The Balaban J connectivity index is 1.71. The first-order chi connectivity index (χ1) is 12.4. The van der Waals surface area contributed by atoms with E-state index in [2.05, 4.69) is 27.9 Å². The Labute approximate surface area is 166 Å². The molecule has 0 saturated carbocycles. The lowest BCUT2D eigenvalue weighted by molar-refractivity contribution is 0.102. The van der Waals surface area contributed by atoms with E-state index >= 15 is 0 Å². The molecule has 6 heteroatoms. The molecule has 0 unspecified atom stereocenters. The Bertz CT molecular complexity index is 1020. The van der Waals surface area contributed by atoms with Gasteiger partial charge < -0.3 is 5.32 Å². The number of amides is 1. The minimum Gasteiger partial charge on any atom is -0.322 e. The molecule has 1 amide bonds. The normalized spacial score (nSPS) is 11.1. The predicted octanol–water partition coefficient (Wildman–Crippen LogP) is 4.52. The van der Waals surface area contributed by atoms with Gasteiger partial charge in [0.25, 0.3) is 5.91 Å². The number of halogens is 1. The molecule has 0 atom stereocenters. The fourth-order valence-corrected chi connectivity index (χ4v) is 4.37. The second-order valence-electron chi connectivity index (χ2n) is 5.73. The van der Waals surface area contributed by atoms with Crippen LogP contribution in [0.25, 0.3) is 0 Å². The Hall–Kier alpha value is -2.19. The molecule has 0 aromatic heterocycles. The summed E-state index contributed by atoms with van der Waals surface area (Å²) >= 11 is 2.18. The van der Waals surface area contributed by atoms with Crippen LogP contribution in [0, 0.1) is 3.57 Å². The van der Waals surface area contributed by atoms with Gasteiger partial charge in [0.2, 0.25) is 0 Å². The molecule has 0 heterocycles. The number of hydrogen-bond acceptors (Lipinski definition) is 3. The van der Waals surface area contributed by atoms with E-state index in [-0.39, 0.29) is 11.7 Å². The first-order valence-electron chi connectivity index (χ1n) is 7.88. The Morgan fingerprint density at radius 1 is 0.885 bits per heavy atom. The van der Waals surface area contributed by atoms with E-state index in [9.17, 15) is 13.2 Å². The van der Waals surface area contributed by atoms with Crippen LogP contribution >= 0.6 is 22.6 Å². The van der Waals surface area contributed by atoms with Crippen LogP contribution in [-0.2, 0) is 15.6 Å². The van der Waals surface area contributed by atoms with Gasteiger partial charge in [-0.15, -0.1) is 0 Å². The van der Waals surface area contributed by atoms with Crippen LogP contribution < -0.4 is 5.32 Å². The van der Waals surface area contributed by atoms with Gasteiger partial charge in [-0.2, -0.15) is 0 Å². The summed E-state index contributed by atoms with van der Waals surface area (Å²) < 4.78 is 25.9. The Kier molecular flexibility index (Phi) is 5.73. The van der Waals surface area contributed by atoms with Gasteiger partial charge >= 0.3 is 0 Å². The second kappa shape index (κ2) is 8.01. The molecule has 132 valence electrons. The third-order valence-electron chi connectivity index (χ3n) is 3.76. The van der Waals surface area contributed by atoms with Crippen molar-refractivity contribution in [3.8, 4) is 0 Å². The summed E-state index contributed by atoms with van der Waals surface area (Å²) in [5.74, 6) is -0.333. The maximum atomic E-state index is 12.4. The molecule has 0 fully saturated rings. The van der Waals surface area contributed by atoms with Crippen LogP contribution in [0.3, 0.4) is 0 Å². The lowest BCUT2D eigenvalue weighted by Crippen LogP contribution is -2.12. The summed E-state index contributed by atoms with van der Waals surface area (Å²) in [6.45, 7) is 0. The SMILES string of the molecule is O=C(Nc1cccc(I)c1)c1ccc(CS(=O)(=O)c2ccccc2)cc1. The van der Waals surface area contributed by atoms with E-state index in [1.54, 1.807) is 54.6 Å². The Morgan fingerprint density at radius 2 is 1.58 bits per heavy atom. The molecule has 3 aromatic rings. The monoisotopic (exact) mass is 477 g/mol. The standard InChI is InChI=1S/C20H16INO3S/c21-17-5-4-6-18(13-17)22-20(23)16-11-9-15(10-12-16)14-26(24,25)19-7-2-1-3-8-19/h1-13H,14H2,(H,22,23). The van der Waals surface area contributed by atoms with Gasteiger partial charge in [-0.3, -0.25) is 4.79 Å². The van der Waals surface area contributed by atoms with Gasteiger partial charge in [0.15, 0.2) is 9.84 Å². The van der Waals surface area contributed by atoms with Crippen molar-refractivity contribution in [3.05, 3.63) is 93.6 Å². The minimum absolute atomic E-state index is 0.101. The highest BCUT2D eigenvalue weighted by atomic mass is 127. The maximum absolute atomic E-state index is 12.4. The highest BCUT2D eigenvalue weighted by Crippen LogP contribution is 2.18. The fourth-order valence-electron chi connectivity index (χ4n) is 2.45. The van der Waals surface area contributed by atoms with E-state index in [1.165, 1.54) is 0 Å². The van der Waals surface area contributed by atoms with Gasteiger partial charge in [0.1, 0.15) is 0 Å². The molecule has 0 aliphatic rings. The number of sulfone groups is 1. The van der Waals surface area contributed by atoms with Crippen molar-refractivity contribution in [1.82, 2.24) is 0 Å². The molecule has 3 rings (SSSR count). The maximum Gasteiger partial charge on any atom is 0.255 e. The van der Waals surface area contributed by atoms with Gasteiger partial charge in [-0.1, -0.05) is 36.4 Å². The predicted molar refractivity (Wildman–Crippen MR) is 111 cm³/mol. The quantitative estimate of drug-likeness (QED) is 0.550. The van der Waals surface area contributed by atoms with Crippen LogP contribution in [0.1, 0.15) is 15.9 Å². The highest BCUT2D eigenvalue weighted by molar-refractivity contribution is 14.1. The van der Waals surface area contributed by atoms with E-state index in [4.69, 9.17) is 0 Å². The van der Waals surface area contributed by atoms with Crippen molar-refractivity contribution in [1.29, 1.82) is 0 Å². The van der Waals surface area contributed by atoms with Crippen LogP contribution in [0.2, 0.25) is 0 Å². The van der Waals surface area contributed by atoms with Gasteiger partial charge in [0.05, 0.1) is 10.6 Å². The zero-order valence-corrected chi connectivity index (χ0v) is 16.7. The lowest BCUT2D eigenvalue weighted by Gasteiger charge is -2.08. The van der Waals surface area contributed by atoms with Crippen molar-refractivity contribution in [3.63, 3.8) is 0 Å². The largest absolute Gasteiger partial charge is 0.322 e. The highest BCUT2D eigenvalue weighted by Gasteiger charge is 2.15. The van der Waals surface area contributed by atoms with Crippen LogP contribution in [0.4, 0.5) is 5.69 Å². The van der Waals surface area contributed by atoms with Crippen molar-refractivity contribution in [2.45, 2.75) is 10.6 Å². The van der Waals surface area contributed by atoms with E-state index < -0.39 is 9.84 Å². The van der Waals surface area contributed by atoms with Crippen molar-refractivity contribution < 1.29 is 13.2 Å². The molecule has 0 aliphatic heterocycles. The number of anilines is 1. The number of rotatable bonds is 5. The summed E-state index contributed by atoms with van der Waals surface area (Å²) in [6, 6.07) is 22.5. The number of hydrogen-bond donors (Lipinski definition) is 1. The van der Waals surface area contributed by atoms with E-state index in [0.29, 0.717) is 16.0 Å². The first-order valence-corrected chi connectivity index (χ1v) is 10.6. The molecule has 3 aromatic carbocycles. The first kappa shape index (κ1) is 18.6. The summed E-state index contributed by atoms with van der Waals surface area (Å²) in [4.78, 5) is 12.6. The smallest absolute Gasteiger partial charge is 0.255 e. The van der Waals surface area contributed by atoms with Crippen LogP contribution in [0.5, 0.6) is 0 Å². The molecule has 1 N–H and O–H groups in total. The van der Waals surface area contributed by atoms with Crippen LogP contribution in [-0.4, -0.2) is 14.3 Å². The zero-order valence-electron chi connectivity index (χ0n) is 13.7. The summed E-state index contributed by atoms with van der Waals surface area (Å²) in [7, 11) is -3.40. The van der Waals surface area contributed by atoms with Crippen molar-refractivity contribution in [2.24, 2.45) is 0 Å². The van der Waals surface area contributed by atoms with E-state index in [1.807, 2.05) is 24.3 Å². The van der Waals surface area contributed by atoms with Crippen LogP contribution in [0.15, 0.2) is 83.8 Å². The second-order valence-corrected chi connectivity index (χ2v) is 8.97. The third kappa shape index (κ3) is 4.70. The topological polar surface area (TPSA) is 63.2 Å². The number of nitrogens with one attached hydrogen (secondary N) is 1. The summed E-state index contributed by atoms with van der Waals surface area (Å²) in [5.41, 5.74) is 1.84. The molecule has 0 radical (unpaired) electrons. The number of carbonyl (C=O) groups is 1. The zero-order chi connectivity index (χ0) is 18.6. The minimum atomic E-state index is -3.40. The average molecular weight is 477 g/mol. The average Bonchev–Trinajstić information content (AvgIpc) is 2.63. The lowest BCUT2D eigenvalue weighted by atomic mass is 10.1.